The number of fused-ring (bicyclic) bond motifs is 1. The Morgan fingerprint density at radius 2 is 1.76 bits per heavy atom. The van der Waals surface area contributed by atoms with Gasteiger partial charge in [-0.05, 0) is 30.7 Å². The number of aromatic carboxylic acids is 1. The number of para-hydroxylation sites is 1. The predicted molar refractivity (Wildman–Crippen MR) is 88.9 cm³/mol. The van der Waals surface area contributed by atoms with Gasteiger partial charge in [0.2, 0.25) is 0 Å². The maximum Gasteiger partial charge on any atom is 0.418 e. The first-order chi connectivity index (χ1) is 11.7. The van der Waals surface area contributed by atoms with Crippen LogP contribution in [0.1, 0.15) is 21.5 Å². The van der Waals surface area contributed by atoms with Crippen molar-refractivity contribution in [2.75, 3.05) is 0 Å². The van der Waals surface area contributed by atoms with Crippen molar-refractivity contribution in [2.45, 2.75) is 13.1 Å². The molecule has 0 bridgehead atoms. The van der Waals surface area contributed by atoms with Crippen molar-refractivity contribution >= 4 is 28.5 Å². The molecule has 0 aliphatic heterocycles. The van der Waals surface area contributed by atoms with Gasteiger partial charge in [-0.3, -0.25) is 0 Å². The van der Waals surface area contributed by atoms with Crippen LogP contribution in [0.3, 0.4) is 0 Å². The van der Waals surface area contributed by atoms with Crippen molar-refractivity contribution in [3.63, 3.8) is 0 Å². The summed E-state index contributed by atoms with van der Waals surface area (Å²) >= 11 is 5.84. The normalized spacial score (nSPS) is 11.7. The lowest BCUT2D eigenvalue weighted by molar-refractivity contribution is -0.136. The fourth-order valence-corrected chi connectivity index (χ4v) is 2.90. The van der Waals surface area contributed by atoms with Crippen LogP contribution in [0.5, 0.6) is 0 Å². The van der Waals surface area contributed by atoms with Gasteiger partial charge in [-0.1, -0.05) is 35.9 Å². The average Bonchev–Trinajstić information content (AvgIpc) is 2.53. The van der Waals surface area contributed by atoms with Gasteiger partial charge < -0.3 is 5.11 Å². The summed E-state index contributed by atoms with van der Waals surface area (Å²) in [4.78, 5) is 15.9. The number of hydrogen-bond donors (Lipinski definition) is 1. The lowest BCUT2D eigenvalue weighted by atomic mass is 9.96. The molecule has 0 amide bonds. The van der Waals surface area contributed by atoms with Crippen LogP contribution in [0.2, 0.25) is 5.02 Å². The molecule has 0 spiro atoms. The fraction of sp³-hybridized carbons (Fsp3) is 0.111. The van der Waals surface area contributed by atoms with Crippen molar-refractivity contribution < 1.29 is 23.1 Å². The van der Waals surface area contributed by atoms with Gasteiger partial charge in [0.05, 0.1) is 22.3 Å². The van der Waals surface area contributed by atoms with Crippen LogP contribution in [0.25, 0.3) is 22.2 Å². The summed E-state index contributed by atoms with van der Waals surface area (Å²) in [5, 5.41) is 9.95. The second-order valence-corrected chi connectivity index (χ2v) is 5.91. The molecule has 0 aliphatic rings. The van der Waals surface area contributed by atoms with Crippen molar-refractivity contribution in [3.05, 3.63) is 64.2 Å². The number of halogens is 4. The number of rotatable bonds is 2. The van der Waals surface area contributed by atoms with Crippen molar-refractivity contribution in [1.29, 1.82) is 0 Å². The Bertz CT molecular complexity index is 982. The number of carboxylic acids is 1. The average molecular weight is 366 g/mol. The second-order valence-electron chi connectivity index (χ2n) is 5.47. The van der Waals surface area contributed by atoms with Gasteiger partial charge in [-0.15, -0.1) is 0 Å². The van der Waals surface area contributed by atoms with Gasteiger partial charge in [0.1, 0.15) is 0 Å². The lowest BCUT2D eigenvalue weighted by Gasteiger charge is -2.15. The maximum atomic E-state index is 13.3. The smallest absolute Gasteiger partial charge is 0.418 e. The minimum atomic E-state index is -4.64. The maximum absolute atomic E-state index is 13.3. The molecule has 25 heavy (non-hydrogen) atoms. The Morgan fingerprint density at radius 1 is 1.12 bits per heavy atom. The van der Waals surface area contributed by atoms with E-state index >= 15 is 0 Å². The van der Waals surface area contributed by atoms with E-state index in [1.165, 1.54) is 19.1 Å². The first-order valence-electron chi connectivity index (χ1n) is 7.20. The van der Waals surface area contributed by atoms with Crippen LogP contribution in [0.15, 0.2) is 42.5 Å². The number of nitrogens with zero attached hydrogens (tertiary/aromatic N) is 1. The Hall–Kier alpha value is -2.60. The molecule has 128 valence electrons. The fourth-order valence-electron chi connectivity index (χ4n) is 2.77. The van der Waals surface area contributed by atoms with E-state index in [9.17, 15) is 23.1 Å². The molecule has 1 heterocycles. The van der Waals surface area contributed by atoms with E-state index in [2.05, 4.69) is 4.98 Å². The molecular formula is C18H11ClF3NO2. The van der Waals surface area contributed by atoms with E-state index < -0.39 is 17.7 Å². The summed E-state index contributed by atoms with van der Waals surface area (Å²) in [5.74, 6) is -1.31. The third-order valence-electron chi connectivity index (χ3n) is 3.90. The summed E-state index contributed by atoms with van der Waals surface area (Å²) in [7, 11) is 0. The van der Waals surface area contributed by atoms with Crippen LogP contribution in [0.4, 0.5) is 13.2 Å². The highest BCUT2D eigenvalue weighted by molar-refractivity contribution is 6.30. The molecule has 0 fully saturated rings. The molecule has 0 saturated heterocycles. The van der Waals surface area contributed by atoms with E-state index in [0.717, 1.165) is 6.07 Å². The van der Waals surface area contributed by atoms with Gasteiger partial charge in [-0.25, -0.2) is 9.78 Å². The van der Waals surface area contributed by atoms with Crippen LogP contribution in [0, 0.1) is 6.92 Å². The SMILES string of the molecule is Cc1c(-c2ccc(Cl)cc2)nc2c(C(F)(F)F)cccc2c1C(=O)O. The van der Waals surface area contributed by atoms with Gasteiger partial charge in [-0.2, -0.15) is 13.2 Å². The van der Waals surface area contributed by atoms with E-state index in [1.54, 1.807) is 24.3 Å². The molecule has 0 unspecified atom stereocenters. The molecule has 0 atom stereocenters. The largest absolute Gasteiger partial charge is 0.478 e. The number of carbonyl (C=O) groups is 1. The molecule has 0 radical (unpaired) electrons. The zero-order valence-electron chi connectivity index (χ0n) is 12.9. The first-order valence-corrected chi connectivity index (χ1v) is 7.57. The molecule has 0 saturated carbocycles. The number of carboxylic acid groups (broad SMARTS) is 1. The first kappa shape index (κ1) is 17.2. The van der Waals surface area contributed by atoms with Gasteiger partial charge >= 0.3 is 12.1 Å². The highest BCUT2D eigenvalue weighted by Crippen LogP contribution is 2.37. The third kappa shape index (κ3) is 3.05. The molecule has 3 nitrogen and oxygen atoms in total. The van der Waals surface area contributed by atoms with E-state index in [4.69, 9.17) is 11.6 Å². The minimum absolute atomic E-state index is 0.0439. The van der Waals surface area contributed by atoms with Crippen LogP contribution in [-0.4, -0.2) is 16.1 Å². The summed E-state index contributed by atoms with van der Waals surface area (Å²) in [6.07, 6.45) is -4.64. The summed E-state index contributed by atoms with van der Waals surface area (Å²) < 4.78 is 40.0. The van der Waals surface area contributed by atoms with Gasteiger partial charge in [0.25, 0.3) is 0 Å². The van der Waals surface area contributed by atoms with Crippen molar-refractivity contribution in [1.82, 2.24) is 4.98 Å². The monoisotopic (exact) mass is 365 g/mol. The summed E-state index contributed by atoms with van der Waals surface area (Å²) in [6, 6.07) is 9.72. The molecule has 3 aromatic rings. The van der Waals surface area contributed by atoms with Gasteiger partial charge in [0.15, 0.2) is 0 Å². The van der Waals surface area contributed by atoms with E-state index in [1.807, 2.05) is 0 Å². The topological polar surface area (TPSA) is 50.2 Å². The standard InChI is InChI=1S/C18H11ClF3NO2/c1-9-14(17(24)25)12-3-2-4-13(18(20,21)22)16(12)23-15(9)10-5-7-11(19)8-6-10/h2-8H,1H3,(H,24,25). The van der Waals surface area contributed by atoms with Crippen LogP contribution < -0.4 is 0 Å². The molecule has 1 N–H and O–H groups in total. The molecular weight excluding hydrogens is 355 g/mol. The zero-order valence-corrected chi connectivity index (χ0v) is 13.6. The zero-order chi connectivity index (χ0) is 18.4. The predicted octanol–water partition coefficient (Wildman–Crippen LogP) is 5.58. The highest BCUT2D eigenvalue weighted by atomic mass is 35.5. The molecule has 7 heteroatoms. The van der Waals surface area contributed by atoms with Crippen LogP contribution >= 0.6 is 11.6 Å². The lowest BCUT2D eigenvalue weighted by Crippen LogP contribution is -2.10. The van der Waals surface area contributed by atoms with Crippen molar-refractivity contribution in [3.8, 4) is 11.3 Å². The molecule has 1 aromatic heterocycles. The van der Waals surface area contributed by atoms with E-state index in [-0.39, 0.29) is 22.2 Å². The number of aromatic nitrogens is 1. The molecule has 2 aromatic carbocycles. The highest BCUT2D eigenvalue weighted by Gasteiger charge is 2.34. The number of hydrogen-bond acceptors (Lipinski definition) is 2. The Labute approximate surface area is 145 Å². The number of alkyl halides is 3. The Kier molecular flexibility index (Phi) is 4.16. The second kappa shape index (κ2) is 6.04. The summed E-state index contributed by atoms with van der Waals surface area (Å²) in [6.45, 7) is 1.53. The Morgan fingerprint density at radius 3 is 2.32 bits per heavy atom. The number of pyridine rings is 1. The molecule has 0 aliphatic carbocycles. The van der Waals surface area contributed by atoms with E-state index in [0.29, 0.717) is 16.1 Å². The third-order valence-corrected chi connectivity index (χ3v) is 4.15. The van der Waals surface area contributed by atoms with Gasteiger partial charge in [0, 0.05) is 16.0 Å². The quantitative estimate of drug-likeness (QED) is 0.645. The summed E-state index contributed by atoms with van der Waals surface area (Å²) in [5.41, 5.74) is -0.588. The Balaban J connectivity index is 2.45. The minimum Gasteiger partial charge on any atom is -0.478 e. The number of benzene rings is 2. The van der Waals surface area contributed by atoms with Crippen molar-refractivity contribution in [2.24, 2.45) is 0 Å². The van der Waals surface area contributed by atoms with Crippen LogP contribution in [-0.2, 0) is 6.18 Å². The molecule has 3 rings (SSSR count).